The Morgan fingerprint density at radius 3 is 2.17 bits per heavy atom. The molecule has 0 heterocycles. The van der Waals surface area contributed by atoms with E-state index in [1.165, 1.54) is 4.90 Å². The molecule has 0 spiro atoms. The Kier molecular flexibility index (Phi) is 8.69. The molecule has 0 aliphatic carbocycles. The minimum Gasteiger partial charge on any atom is -0.445 e. The first-order valence-electron chi connectivity index (χ1n) is 9.51. The minimum absolute atomic E-state index is 0.189. The molecule has 0 bridgehead atoms. The van der Waals surface area contributed by atoms with E-state index in [0.717, 1.165) is 11.1 Å². The summed E-state index contributed by atoms with van der Waals surface area (Å²) in [5.41, 5.74) is 7.32. The lowest BCUT2D eigenvalue weighted by atomic mass is 10.0. The van der Waals surface area contributed by atoms with Crippen LogP contribution in [-0.2, 0) is 27.4 Å². The van der Waals surface area contributed by atoms with E-state index < -0.39 is 18.0 Å². The molecule has 2 aromatic rings. The molecule has 3 amide bonds. The highest BCUT2D eigenvalue weighted by molar-refractivity contribution is 5.86. The van der Waals surface area contributed by atoms with E-state index in [-0.39, 0.29) is 18.9 Å². The summed E-state index contributed by atoms with van der Waals surface area (Å²) in [6.45, 7) is 0.487. The highest BCUT2D eigenvalue weighted by atomic mass is 16.5. The fraction of sp³-hybridized carbons (Fsp3) is 0.318. The van der Waals surface area contributed by atoms with Gasteiger partial charge in [0.15, 0.2) is 0 Å². The number of amides is 3. The molecule has 2 aromatic carbocycles. The van der Waals surface area contributed by atoms with E-state index in [0.29, 0.717) is 19.4 Å². The lowest BCUT2D eigenvalue weighted by Crippen LogP contribution is -2.47. The summed E-state index contributed by atoms with van der Waals surface area (Å²) >= 11 is 0. The van der Waals surface area contributed by atoms with Crippen molar-refractivity contribution in [1.82, 2.24) is 10.2 Å². The average Bonchev–Trinajstić information content (AvgIpc) is 2.74. The van der Waals surface area contributed by atoms with Crippen LogP contribution in [0.5, 0.6) is 0 Å². The highest BCUT2D eigenvalue weighted by Gasteiger charge is 2.24. The number of carbonyl (C=O) groups is 3. The quantitative estimate of drug-likeness (QED) is 0.600. The SMILES string of the molecule is CN(C(=O)CCCNC(=O)OCc1ccccc1)[C@@H](Cc1ccccc1)C(N)=O. The second kappa shape index (κ2) is 11.5. The van der Waals surface area contributed by atoms with Crippen LogP contribution in [0.15, 0.2) is 60.7 Å². The summed E-state index contributed by atoms with van der Waals surface area (Å²) in [4.78, 5) is 37.3. The molecule has 3 N–H and O–H groups in total. The Morgan fingerprint density at radius 2 is 1.59 bits per heavy atom. The number of primary amides is 1. The molecule has 0 aliphatic rings. The fourth-order valence-corrected chi connectivity index (χ4v) is 2.82. The molecule has 7 nitrogen and oxygen atoms in total. The number of carbonyl (C=O) groups excluding carboxylic acids is 3. The zero-order chi connectivity index (χ0) is 21.1. The Balaban J connectivity index is 1.71. The molecule has 0 aliphatic heterocycles. The predicted molar refractivity (Wildman–Crippen MR) is 110 cm³/mol. The summed E-state index contributed by atoms with van der Waals surface area (Å²) in [5, 5.41) is 2.62. The van der Waals surface area contributed by atoms with Crippen molar-refractivity contribution in [2.24, 2.45) is 5.73 Å². The predicted octanol–water partition coefficient (Wildman–Crippen LogP) is 2.25. The third-order valence-electron chi connectivity index (χ3n) is 4.51. The number of nitrogens with zero attached hydrogens (tertiary/aromatic N) is 1. The zero-order valence-corrected chi connectivity index (χ0v) is 16.5. The molecule has 29 heavy (non-hydrogen) atoms. The summed E-state index contributed by atoms with van der Waals surface area (Å²) in [7, 11) is 1.57. The zero-order valence-electron chi connectivity index (χ0n) is 16.5. The summed E-state index contributed by atoms with van der Waals surface area (Å²) in [6, 6.07) is 18.1. The first-order valence-corrected chi connectivity index (χ1v) is 9.51. The molecule has 0 saturated heterocycles. The maximum Gasteiger partial charge on any atom is 0.407 e. The monoisotopic (exact) mass is 397 g/mol. The van der Waals surface area contributed by atoms with E-state index in [1.807, 2.05) is 60.7 Å². The molecular weight excluding hydrogens is 370 g/mol. The molecule has 1 atom stereocenters. The lowest BCUT2D eigenvalue weighted by molar-refractivity contribution is -0.137. The molecular formula is C22H27N3O4. The van der Waals surface area contributed by atoms with Crippen LogP contribution in [0.3, 0.4) is 0 Å². The largest absolute Gasteiger partial charge is 0.445 e. The van der Waals surface area contributed by atoms with Crippen LogP contribution in [0.2, 0.25) is 0 Å². The van der Waals surface area contributed by atoms with Gasteiger partial charge < -0.3 is 20.7 Å². The van der Waals surface area contributed by atoms with Gasteiger partial charge in [0.1, 0.15) is 12.6 Å². The van der Waals surface area contributed by atoms with E-state index in [9.17, 15) is 14.4 Å². The van der Waals surface area contributed by atoms with Crippen molar-refractivity contribution >= 4 is 17.9 Å². The van der Waals surface area contributed by atoms with Gasteiger partial charge in [-0.25, -0.2) is 4.79 Å². The van der Waals surface area contributed by atoms with Gasteiger partial charge in [-0.2, -0.15) is 0 Å². The number of likely N-dealkylation sites (N-methyl/N-ethyl adjacent to an activating group) is 1. The smallest absolute Gasteiger partial charge is 0.407 e. The third kappa shape index (κ3) is 7.65. The maximum atomic E-state index is 12.4. The van der Waals surface area contributed by atoms with Gasteiger partial charge in [-0.05, 0) is 17.5 Å². The molecule has 0 saturated carbocycles. The lowest BCUT2D eigenvalue weighted by Gasteiger charge is -2.26. The molecule has 2 rings (SSSR count). The van der Waals surface area contributed by atoms with Gasteiger partial charge in [-0.1, -0.05) is 60.7 Å². The van der Waals surface area contributed by atoms with Crippen molar-refractivity contribution in [2.75, 3.05) is 13.6 Å². The molecule has 7 heteroatoms. The number of rotatable bonds is 10. The second-order valence-electron chi connectivity index (χ2n) is 6.70. The maximum absolute atomic E-state index is 12.4. The molecule has 0 fully saturated rings. The van der Waals surface area contributed by atoms with E-state index in [1.54, 1.807) is 7.05 Å². The minimum atomic E-state index is -0.714. The van der Waals surface area contributed by atoms with Gasteiger partial charge >= 0.3 is 6.09 Å². The van der Waals surface area contributed by atoms with Crippen molar-refractivity contribution in [2.45, 2.75) is 31.9 Å². The average molecular weight is 397 g/mol. The Morgan fingerprint density at radius 1 is 1.00 bits per heavy atom. The van der Waals surface area contributed by atoms with Gasteiger partial charge in [0.25, 0.3) is 0 Å². The normalized spacial score (nSPS) is 11.3. The van der Waals surface area contributed by atoms with Crippen molar-refractivity contribution < 1.29 is 19.1 Å². The Hall–Kier alpha value is -3.35. The molecule has 154 valence electrons. The summed E-state index contributed by atoms with van der Waals surface area (Å²) < 4.78 is 5.11. The number of benzene rings is 2. The summed E-state index contributed by atoms with van der Waals surface area (Å²) in [6.07, 6.45) is 0.450. The highest BCUT2D eigenvalue weighted by Crippen LogP contribution is 2.10. The van der Waals surface area contributed by atoms with E-state index in [2.05, 4.69) is 5.32 Å². The summed E-state index contributed by atoms with van der Waals surface area (Å²) in [5.74, 6) is -0.753. The number of hydrogen-bond donors (Lipinski definition) is 2. The van der Waals surface area contributed by atoms with Gasteiger partial charge in [0.2, 0.25) is 11.8 Å². The second-order valence-corrected chi connectivity index (χ2v) is 6.70. The topological polar surface area (TPSA) is 102 Å². The van der Waals surface area contributed by atoms with Crippen LogP contribution < -0.4 is 11.1 Å². The van der Waals surface area contributed by atoms with Gasteiger partial charge in [-0.15, -0.1) is 0 Å². The Labute approximate surface area is 170 Å². The number of nitrogens with one attached hydrogen (secondary N) is 1. The van der Waals surface area contributed by atoms with Crippen LogP contribution in [0.1, 0.15) is 24.0 Å². The fourth-order valence-electron chi connectivity index (χ4n) is 2.82. The van der Waals surface area contributed by atoms with Crippen molar-refractivity contribution in [1.29, 1.82) is 0 Å². The van der Waals surface area contributed by atoms with Crippen LogP contribution in [0.25, 0.3) is 0 Å². The van der Waals surface area contributed by atoms with Gasteiger partial charge in [0, 0.05) is 26.4 Å². The van der Waals surface area contributed by atoms with E-state index in [4.69, 9.17) is 10.5 Å². The number of alkyl carbamates (subject to hydrolysis) is 1. The number of ether oxygens (including phenoxy) is 1. The Bertz CT molecular complexity index is 796. The third-order valence-corrected chi connectivity index (χ3v) is 4.51. The number of hydrogen-bond acceptors (Lipinski definition) is 4. The molecule has 0 radical (unpaired) electrons. The molecule has 0 aromatic heterocycles. The van der Waals surface area contributed by atoms with E-state index >= 15 is 0 Å². The van der Waals surface area contributed by atoms with Crippen LogP contribution >= 0.6 is 0 Å². The van der Waals surface area contributed by atoms with Gasteiger partial charge in [-0.3, -0.25) is 9.59 Å². The van der Waals surface area contributed by atoms with Crippen molar-refractivity contribution in [3.05, 3.63) is 71.8 Å². The van der Waals surface area contributed by atoms with Crippen LogP contribution in [0, 0.1) is 0 Å². The number of nitrogens with two attached hydrogens (primary N) is 1. The standard InChI is InChI=1S/C22H27N3O4/c1-25(19(21(23)27)15-17-9-4-2-5-10-17)20(26)13-8-14-24-22(28)29-16-18-11-6-3-7-12-18/h2-7,9-12,19H,8,13-16H2,1H3,(H2,23,27)(H,24,28)/t19-/m0/s1. The first kappa shape index (κ1) is 21.9. The molecule has 0 unspecified atom stereocenters. The first-order chi connectivity index (χ1) is 14.0. The van der Waals surface area contributed by atoms with Crippen molar-refractivity contribution in [3.63, 3.8) is 0 Å². The van der Waals surface area contributed by atoms with Gasteiger partial charge in [0.05, 0.1) is 0 Å². The van der Waals surface area contributed by atoms with Crippen LogP contribution in [-0.4, -0.2) is 42.4 Å². The van der Waals surface area contributed by atoms with Crippen molar-refractivity contribution in [3.8, 4) is 0 Å². The van der Waals surface area contributed by atoms with Crippen LogP contribution in [0.4, 0.5) is 4.79 Å².